The molecular formula is C30H35N5O4. The Labute approximate surface area is 228 Å². The zero-order valence-electron chi connectivity index (χ0n) is 22.9. The van der Waals surface area contributed by atoms with E-state index >= 15 is 0 Å². The van der Waals surface area contributed by atoms with Crippen molar-refractivity contribution in [2.45, 2.75) is 70.6 Å². The molecule has 9 heteroatoms. The van der Waals surface area contributed by atoms with Gasteiger partial charge < -0.3 is 25.4 Å². The summed E-state index contributed by atoms with van der Waals surface area (Å²) < 4.78 is 11.9. The van der Waals surface area contributed by atoms with E-state index in [0.717, 1.165) is 41.3 Å². The van der Waals surface area contributed by atoms with Gasteiger partial charge in [-0.2, -0.15) is 0 Å². The van der Waals surface area contributed by atoms with Crippen LogP contribution in [0.2, 0.25) is 0 Å². The number of nitrogens with two attached hydrogens (primary N) is 1. The number of hydrogen-bond acceptors (Lipinski definition) is 8. The molecule has 39 heavy (non-hydrogen) atoms. The Morgan fingerprint density at radius 1 is 1.21 bits per heavy atom. The van der Waals surface area contributed by atoms with E-state index in [1.807, 2.05) is 43.9 Å². The van der Waals surface area contributed by atoms with Crippen molar-refractivity contribution in [3.8, 4) is 5.75 Å². The van der Waals surface area contributed by atoms with Crippen LogP contribution in [-0.4, -0.2) is 51.5 Å². The number of nitrogens with zero attached hydrogens (tertiary/aromatic N) is 3. The first-order chi connectivity index (χ1) is 18.6. The topological polar surface area (TPSA) is 120 Å². The van der Waals surface area contributed by atoms with Gasteiger partial charge >= 0.3 is 5.97 Å². The summed E-state index contributed by atoms with van der Waals surface area (Å²) in [6.07, 6.45) is 4.58. The van der Waals surface area contributed by atoms with Gasteiger partial charge in [0.2, 0.25) is 5.91 Å². The summed E-state index contributed by atoms with van der Waals surface area (Å²) in [4.78, 5) is 36.1. The third-order valence-corrected chi connectivity index (χ3v) is 8.32. The van der Waals surface area contributed by atoms with Crippen molar-refractivity contribution < 1.29 is 19.1 Å². The average molecular weight is 530 g/mol. The Bertz CT molecular complexity index is 1460. The molecule has 1 saturated heterocycles. The number of amides is 1. The van der Waals surface area contributed by atoms with E-state index < -0.39 is 5.60 Å². The summed E-state index contributed by atoms with van der Waals surface area (Å²) in [6.45, 7) is 9.11. The predicted octanol–water partition coefficient (Wildman–Crippen LogP) is 4.84. The van der Waals surface area contributed by atoms with Crippen molar-refractivity contribution in [3.63, 3.8) is 0 Å². The number of carbonyl (C=O) groups excluding carboxylic acids is 2. The van der Waals surface area contributed by atoms with Gasteiger partial charge in [-0.1, -0.05) is 19.9 Å². The number of anilines is 2. The summed E-state index contributed by atoms with van der Waals surface area (Å²) in [7, 11) is 0. The van der Waals surface area contributed by atoms with Crippen LogP contribution in [0.15, 0.2) is 36.5 Å². The van der Waals surface area contributed by atoms with Gasteiger partial charge in [0.1, 0.15) is 29.1 Å². The van der Waals surface area contributed by atoms with Crippen LogP contribution in [0.4, 0.5) is 11.6 Å². The standard InChI is InChI=1S/C30H35N5O4/c1-5-23(31)19-8-10-24(38-18-14-35(15-18)28(36)17-6-7-17)22-13-32-26(12-21(19)22)33-25-11-9-20-27(34-25)16(2)30(3,4)39-29(20)37/h8-13,16-18,23H,5-7,14-15,31H2,1-4H3,(H,32,33,34)/t16-,23+/m1/s1. The summed E-state index contributed by atoms with van der Waals surface area (Å²) in [6, 6.07) is 9.33. The number of likely N-dealkylation sites (tertiary alicyclic amines) is 1. The molecule has 2 aliphatic heterocycles. The van der Waals surface area contributed by atoms with Crippen LogP contribution < -0.4 is 15.8 Å². The van der Waals surface area contributed by atoms with Crippen molar-refractivity contribution in [2.75, 3.05) is 18.4 Å². The minimum absolute atomic E-state index is 0.0305. The lowest BCUT2D eigenvalue weighted by molar-refractivity contribution is -0.141. The Morgan fingerprint density at radius 2 is 1.97 bits per heavy atom. The molecule has 9 nitrogen and oxygen atoms in total. The number of cyclic esters (lactones) is 1. The molecule has 3 aliphatic rings. The highest BCUT2D eigenvalue weighted by molar-refractivity contribution is 5.94. The van der Waals surface area contributed by atoms with Crippen LogP contribution in [0.3, 0.4) is 0 Å². The molecule has 1 aliphatic carbocycles. The quantitative estimate of drug-likeness (QED) is 0.418. The molecule has 1 aromatic carbocycles. The lowest BCUT2D eigenvalue weighted by Gasteiger charge is -2.39. The monoisotopic (exact) mass is 529 g/mol. The van der Waals surface area contributed by atoms with E-state index in [9.17, 15) is 9.59 Å². The zero-order chi connectivity index (χ0) is 27.5. The Kier molecular flexibility index (Phi) is 6.21. The second-order valence-electron chi connectivity index (χ2n) is 11.5. The van der Waals surface area contributed by atoms with Gasteiger partial charge in [-0.05, 0) is 68.3 Å². The number of hydrogen-bond donors (Lipinski definition) is 2. The average Bonchev–Trinajstić information content (AvgIpc) is 3.74. The molecular weight excluding hydrogens is 494 g/mol. The van der Waals surface area contributed by atoms with Gasteiger partial charge in [-0.25, -0.2) is 14.8 Å². The predicted molar refractivity (Wildman–Crippen MR) is 148 cm³/mol. The fraction of sp³-hybridized carbons (Fsp3) is 0.467. The van der Waals surface area contributed by atoms with Crippen molar-refractivity contribution in [1.29, 1.82) is 0 Å². The van der Waals surface area contributed by atoms with Crippen molar-refractivity contribution in [2.24, 2.45) is 11.7 Å². The number of benzene rings is 1. The normalized spacial score (nSPS) is 21.1. The molecule has 1 saturated carbocycles. The first-order valence-electron chi connectivity index (χ1n) is 13.8. The highest BCUT2D eigenvalue weighted by Gasteiger charge is 2.41. The third-order valence-electron chi connectivity index (χ3n) is 8.32. The highest BCUT2D eigenvalue weighted by atomic mass is 16.6. The first kappa shape index (κ1) is 25.6. The van der Waals surface area contributed by atoms with Gasteiger partial charge in [-0.15, -0.1) is 0 Å². The van der Waals surface area contributed by atoms with Gasteiger partial charge in [-0.3, -0.25) is 4.79 Å². The van der Waals surface area contributed by atoms with Gasteiger partial charge in [0.25, 0.3) is 0 Å². The summed E-state index contributed by atoms with van der Waals surface area (Å²) in [5, 5.41) is 5.15. The number of nitrogens with one attached hydrogen (secondary N) is 1. The summed E-state index contributed by atoms with van der Waals surface area (Å²) in [5.41, 5.74) is 8.06. The Morgan fingerprint density at radius 3 is 2.69 bits per heavy atom. The molecule has 2 atom stereocenters. The number of rotatable bonds is 7. The molecule has 4 heterocycles. The lowest BCUT2D eigenvalue weighted by atomic mass is 9.84. The number of esters is 1. The minimum atomic E-state index is -0.638. The van der Waals surface area contributed by atoms with Crippen LogP contribution in [0.1, 0.15) is 80.5 Å². The summed E-state index contributed by atoms with van der Waals surface area (Å²) in [5.74, 6) is 2.02. The van der Waals surface area contributed by atoms with Crippen molar-refractivity contribution >= 4 is 34.3 Å². The van der Waals surface area contributed by atoms with E-state index in [1.54, 1.807) is 18.3 Å². The summed E-state index contributed by atoms with van der Waals surface area (Å²) >= 11 is 0. The second kappa shape index (κ2) is 9.48. The largest absolute Gasteiger partial charge is 0.486 e. The van der Waals surface area contributed by atoms with Crippen LogP contribution in [0.5, 0.6) is 5.75 Å². The van der Waals surface area contributed by atoms with E-state index in [4.69, 9.17) is 20.2 Å². The fourth-order valence-corrected chi connectivity index (χ4v) is 5.30. The number of aromatic nitrogens is 2. The zero-order valence-corrected chi connectivity index (χ0v) is 22.9. The maximum absolute atomic E-state index is 12.5. The molecule has 0 radical (unpaired) electrons. The second-order valence-corrected chi connectivity index (χ2v) is 11.5. The molecule has 0 bridgehead atoms. The number of carbonyl (C=O) groups is 2. The van der Waals surface area contributed by atoms with Crippen molar-refractivity contribution in [1.82, 2.24) is 14.9 Å². The third kappa shape index (κ3) is 4.69. The van der Waals surface area contributed by atoms with Gasteiger partial charge in [0, 0.05) is 29.5 Å². The van der Waals surface area contributed by atoms with Crippen LogP contribution >= 0.6 is 0 Å². The minimum Gasteiger partial charge on any atom is -0.486 e. The van der Waals surface area contributed by atoms with E-state index in [0.29, 0.717) is 36.0 Å². The fourth-order valence-electron chi connectivity index (χ4n) is 5.30. The molecule has 0 unspecified atom stereocenters. The highest BCUT2D eigenvalue weighted by Crippen LogP contribution is 2.39. The van der Waals surface area contributed by atoms with Crippen molar-refractivity contribution in [3.05, 3.63) is 53.3 Å². The van der Waals surface area contributed by atoms with Crippen LogP contribution in [0.25, 0.3) is 10.8 Å². The number of pyridine rings is 2. The SMILES string of the molecule is CC[C@H](N)c1ccc(OC2CN(C(=O)C3CC3)C2)c2cnc(Nc3ccc4c(n3)[C@@H](C)C(C)(C)OC4=O)cc12. The first-order valence-corrected chi connectivity index (χ1v) is 13.8. The molecule has 3 aromatic rings. The van der Waals surface area contributed by atoms with E-state index in [2.05, 4.69) is 17.2 Å². The molecule has 6 rings (SSSR count). The molecule has 3 N–H and O–H groups in total. The maximum Gasteiger partial charge on any atom is 0.340 e. The van der Waals surface area contributed by atoms with Gasteiger partial charge in [0.05, 0.1) is 24.3 Å². The van der Waals surface area contributed by atoms with Crippen LogP contribution in [0, 0.1) is 5.92 Å². The smallest absolute Gasteiger partial charge is 0.340 e. The molecule has 1 amide bonds. The van der Waals surface area contributed by atoms with Gasteiger partial charge in [0.15, 0.2) is 0 Å². The molecule has 0 spiro atoms. The van der Waals surface area contributed by atoms with Crippen LogP contribution in [-0.2, 0) is 9.53 Å². The molecule has 204 valence electrons. The molecule has 2 fully saturated rings. The number of ether oxygens (including phenoxy) is 2. The van der Waals surface area contributed by atoms with E-state index in [-0.39, 0.29) is 35.9 Å². The van der Waals surface area contributed by atoms with E-state index in [1.165, 1.54) is 0 Å². The molecule has 2 aromatic heterocycles. The maximum atomic E-state index is 12.5. The number of fused-ring (bicyclic) bond motifs is 2. The lowest BCUT2D eigenvalue weighted by Crippen LogP contribution is -2.56. The Balaban J connectivity index is 1.27. The Hall–Kier alpha value is -3.72.